The fraction of sp³-hybridized carbons (Fsp3) is 0.143. The molecule has 0 radical (unpaired) electrons. The van der Waals surface area contributed by atoms with Gasteiger partial charge < -0.3 is 15.5 Å². The minimum absolute atomic E-state index is 0.0465. The van der Waals surface area contributed by atoms with E-state index in [1.807, 2.05) is 25.1 Å². The number of hydrogen-bond acceptors (Lipinski definition) is 3. The van der Waals surface area contributed by atoms with Crippen molar-refractivity contribution < 1.29 is 10.2 Å². The number of halogens is 1. The van der Waals surface area contributed by atoms with E-state index >= 15 is 0 Å². The van der Waals surface area contributed by atoms with E-state index in [4.69, 9.17) is 11.6 Å². The molecular weight excluding hydrogens is 250 g/mol. The number of aryl methyl sites for hydroxylation is 1. The summed E-state index contributed by atoms with van der Waals surface area (Å²) in [5.74, 6) is 0.109. The summed E-state index contributed by atoms with van der Waals surface area (Å²) < 4.78 is 0. The second-order valence-electron chi connectivity index (χ2n) is 4.10. The minimum Gasteiger partial charge on any atom is -0.508 e. The molecule has 0 fully saturated rings. The highest BCUT2D eigenvalue weighted by Crippen LogP contribution is 2.28. The van der Waals surface area contributed by atoms with Crippen molar-refractivity contribution in [3.05, 3.63) is 52.5 Å². The van der Waals surface area contributed by atoms with E-state index in [-0.39, 0.29) is 11.5 Å². The van der Waals surface area contributed by atoms with Crippen LogP contribution in [0.3, 0.4) is 0 Å². The summed E-state index contributed by atoms with van der Waals surface area (Å²) in [7, 11) is 0. The maximum absolute atomic E-state index is 9.67. The molecule has 0 atom stereocenters. The standard InChI is InChI=1S/C14H14ClNO2/c1-9-3-2-4-12(15)14(9)16-8-10-5-6-11(17)7-13(10)18/h2-7,16-18H,8H2,1H3. The van der Waals surface area contributed by atoms with Gasteiger partial charge in [0.25, 0.3) is 0 Å². The van der Waals surface area contributed by atoms with Gasteiger partial charge in [0, 0.05) is 18.2 Å². The Kier molecular flexibility index (Phi) is 3.63. The van der Waals surface area contributed by atoms with E-state index in [0.717, 1.165) is 11.3 Å². The molecule has 0 aromatic heterocycles. The van der Waals surface area contributed by atoms with Crippen LogP contribution in [-0.4, -0.2) is 10.2 Å². The van der Waals surface area contributed by atoms with Gasteiger partial charge in [-0.2, -0.15) is 0 Å². The van der Waals surface area contributed by atoms with E-state index in [1.54, 1.807) is 6.07 Å². The molecule has 0 spiro atoms. The second kappa shape index (κ2) is 5.19. The Balaban J connectivity index is 2.16. The number of para-hydroxylation sites is 1. The lowest BCUT2D eigenvalue weighted by atomic mass is 10.1. The molecule has 2 aromatic carbocycles. The van der Waals surface area contributed by atoms with Gasteiger partial charge in [0.15, 0.2) is 0 Å². The number of nitrogens with one attached hydrogen (secondary N) is 1. The van der Waals surface area contributed by atoms with Crippen LogP contribution < -0.4 is 5.32 Å². The molecule has 0 amide bonds. The Morgan fingerprint density at radius 1 is 1.17 bits per heavy atom. The topological polar surface area (TPSA) is 52.5 Å². The number of hydrogen-bond donors (Lipinski definition) is 3. The first-order valence-electron chi connectivity index (χ1n) is 5.58. The van der Waals surface area contributed by atoms with Crippen molar-refractivity contribution in [2.45, 2.75) is 13.5 Å². The number of phenolic OH excluding ortho intramolecular Hbond substituents is 2. The van der Waals surface area contributed by atoms with Crippen LogP contribution in [0, 0.1) is 6.92 Å². The fourth-order valence-electron chi connectivity index (χ4n) is 1.74. The summed E-state index contributed by atoms with van der Waals surface area (Å²) in [6, 6.07) is 10.2. The molecule has 2 aromatic rings. The molecule has 0 aliphatic rings. The van der Waals surface area contributed by atoms with Crippen LogP contribution in [0.2, 0.25) is 5.02 Å². The molecule has 0 heterocycles. The molecule has 0 saturated heterocycles. The molecule has 18 heavy (non-hydrogen) atoms. The van der Waals surface area contributed by atoms with Crippen molar-refractivity contribution in [2.24, 2.45) is 0 Å². The molecule has 0 unspecified atom stereocenters. The van der Waals surface area contributed by atoms with Crippen LogP contribution in [0.1, 0.15) is 11.1 Å². The van der Waals surface area contributed by atoms with Gasteiger partial charge in [-0.25, -0.2) is 0 Å². The summed E-state index contributed by atoms with van der Waals surface area (Å²) in [5.41, 5.74) is 2.60. The Morgan fingerprint density at radius 2 is 1.94 bits per heavy atom. The summed E-state index contributed by atoms with van der Waals surface area (Å²) in [6.07, 6.45) is 0. The highest BCUT2D eigenvalue weighted by molar-refractivity contribution is 6.33. The van der Waals surface area contributed by atoms with Crippen LogP contribution in [0.4, 0.5) is 5.69 Å². The van der Waals surface area contributed by atoms with Crippen LogP contribution in [0.25, 0.3) is 0 Å². The monoisotopic (exact) mass is 263 g/mol. The molecule has 2 rings (SSSR count). The quantitative estimate of drug-likeness (QED) is 0.792. The smallest absolute Gasteiger partial charge is 0.124 e. The maximum Gasteiger partial charge on any atom is 0.124 e. The Bertz CT molecular complexity index is 549. The van der Waals surface area contributed by atoms with Crippen molar-refractivity contribution in [1.82, 2.24) is 0 Å². The number of anilines is 1. The van der Waals surface area contributed by atoms with Crippen molar-refractivity contribution in [2.75, 3.05) is 5.32 Å². The first kappa shape index (κ1) is 12.6. The number of rotatable bonds is 3. The zero-order valence-corrected chi connectivity index (χ0v) is 10.7. The van der Waals surface area contributed by atoms with Gasteiger partial charge in [-0.05, 0) is 30.7 Å². The first-order chi connectivity index (χ1) is 8.58. The molecule has 3 nitrogen and oxygen atoms in total. The molecule has 0 bridgehead atoms. The summed E-state index contributed by atoms with van der Waals surface area (Å²) in [6.45, 7) is 2.40. The maximum atomic E-state index is 9.67. The molecular formula is C14H14ClNO2. The zero-order chi connectivity index (χ0) is 13.1. The number of phenols is 2. The van der Waals surface area contributed by atoms with Gasteiger partial charge >= 0.3 is 0 Å². The largest absolute Gasteiger partial charge is 0.508 e. The fourth-order valence-corrected chi connectivity index (χ4v) is 2.03. The molecule has 3 N–H and O–H groups in total. The van der Waals surface area contributed by atoms with Crippen LogP contribution >= 0.6 is 11.6 Å². The van der Waals surface area contributed by atoms with Gasteiger partial charge in [0.05, 0.1) is 10.7 Å². The molecule has 94 valence electrons. The van der Waals surface area contributed by atoms with Crippen molar-refractivity contribution in [3.63, 3.8) is 0 Å². The molecule has 0 aliphatic heterocycles. The van der Waals surface area contributed by atoms with Gasteiger partial charge in [-0.15, -0.1) is 0 Å². The highest BCUT2D eigenvalue weighted by Gasteiger charge is 2.06. The zero-order valence-electron chi connectivity index (χ0n) is 9.94. The summed E-state index contributed by atoms with van der Waals surface area (Å²) in [5, 5.41) is 22.7. The minimum atomic E-state index is 0.0465. The average Bonchev–Trinajstić information content (AvgIpc) is 2.31. The third-order valence-electron chi connectivity index (χ3n) is 2.75. The normalized spacial score (nSPS) is 10.3. The van der Waals surface area contributed by atoms with Crippen molar-refractivity contribution >= 4 is 17.3 Å². The van der Waals surface area contributed by atoms with E-state index in [9.17, 15) is 10.2 Å². The third-order valence-corrected chi connectivity index (χ3v) is 3.06. The van der Waals surface area contributed by atoms with E-state index in [2.05, 4.69) is 5.32 Å². The molecule has 0 saturated carbocycles. The highest BCUT2D eigenvalue weighted by atomic mass is 35.5. The van der Waals surface area contributed by atoms with Gasteiger partial charge in [0.1, 0.15) is 11.5 Å². The average molecular weight is 264 g/mol. The second-order valence-corrected chi connectivity index (χ2v) is 4.51. The molecule has 4 heteroatoms. The van der Waals surface area contributed by atoms with Crippen molar-refractivity contribution in [1.29, 1.82) is 0 Å². The third kappa shape index (κ3) is 2.68. The van der Waals surface area contributed by atoms with E-state index < -0.39 is 0 Å². The number of benzene rings is 2. The van der Waals surface area contributed by atoms with Gasteiger partial charge in [-0.1, -0.05) is 23.7 Å². The van der Waals surface area contributed by atoms with Crippen molar-refractivity contribution in [3.8, 4) is 11.5 Å². The van der Waals surface area contributed by atoms with Gasteiger partial charge in [0.2, 0.25) is 0 Å². The first-order valence-corrected chi connectivity index (χ1v) is 5.95. The molecule has 0 aliphatic carbocycles. The van der Waals surface area contributed by atoms with Crippen LogP contribution in [0.5, 0.6) is 11.5 Å². The Labute approximate surface area is 111 Å². The van der Waals surface area contributed by atoms with E-state index in [0.29, 0.717) is 17.1 Å². The van der Waals surface area contributed by atoms with Gasteiger partial charge in [-0.3, -0.25) is 0 Å². The lowest BCUT2D eigenvalue weighted by Gasteiger charge is -2.12. The van der Waals surface area contributed by atoms with Crippen LogP contribution in [-0.2, 0) is 6.54 Å². The van der Waals surface area contributed by atoms with E-state index in [1.165, 1.54) is 12.1 Å². The predicted octanol–water partition coefficient (Wildman–Crippen LogP) is 3.67. The van der Waals surface area contributed by atoms with Crippen LogP contribution in [0.15, 0.2) is 36.4 Å². The Morgan fingerprint density at radius 3 is 2.61 bits per heavy atom. The number of aromatic hydroxyl groups is 2. The summed E-state index contributed by atoms with van der Waals surface area (Å²) >= 11 is 6.10. The summed E-state index contributed by atoms with van der Waals surface area (Å²) in [4.78, 5) is 0. The predicted molar refractivity (Wildman–Crippen MR) is 73.3 cm³/mol. The SMILES string of the molecule is Cc1cccc(Cl)c1NCc1ccc(O)cc1O. The lowest BCUT2D eigenvalue weighted by molar-refractivity contribution is 0.446. The Hall–Kier alpha value is -1.87. The lowest BCUT2D eigenvalue weighted by Crippen LogP contribution is -2.01.